The molecule has 0 saturated heterocycles. The van der Waals surface area contributed by atoms with Crippen LogP contribution in [0.1, 0.15) is 27.7 Å². The third-order valence-electron chi connectivity index (χ3n) is 1.77. The maximum atomic E-state index is 11.5. The summed E-state index contributed by atoms with van der Waals surface area (Å²) in [7, 11) is 0. The van der Waals surface area contributed by atoms with Gasteiger partial charge < -0.3 is 21.1 Å². The molecule has 18 heavy (non-hydrogen) atoms. The van der Waals surface area contributed by atoms with Crippen molar-refractivity contribution in [3.05, 3.63) is 0 Å². The number of nitrogens with two attached hydrogens (primary N) is 1. The minimum atomic E-state index is -0.772. The van der Waals surface area contributed by atoms with Crippen molar-refractivity contribution < 1.29 is 19.1 Å². The fraction of sp³-hybridized carbons (Fsp3) is 0.727. The van der Waals surface area contributed by atoms with E-state index >= 15 is 0 Å². The lowest BCUT2D eigenvalue weighted by atomic mass is 10.2. The molecule has 0 aromatic rings. The minimum Gasteiger partial charge on any atom is -0.458 e. The first-order chi connectivity index (χ1) is 8.15. The molecule has 0 aromatic carbocycles. The average molecular weight is 259 g/mol. The Morgan fingerprint density at radius 1 is 1.22 bits per heavy atom. The normalized spacial score (nSPS) is 12.5. The van der Waals surface area contributed by atoms with Gasteiger partial charge in [0.15, 0.2) is 0 Å². The highest BCUT2D eigenvalue weighted by atomic mass is 16.6. The molecule has 7 nitrogen and oxygen atoms in total. The Balaban J connectivity index is 4.07. The number of carbonyl (C=O) groups is 3. The van der Waals surface area contributed by atoms with Gasteiger partial charge in [-0.1, -0.05) is 0 Å². The van der Waals surface area contributed by atoms with Crippen LogP contribution in [-0.2, 0) is 19.1 Å². The maximum absolute atomic E-state index is 11.5. The summed E-state index contributed by atoms with van der Waals surface area (Å²) in [5, 5.41) is 4.71. The predicted molar refractivity (Wildman–Crippen MR) is 65.5 cm³/mol. The van der Waals surface area contributed by atoms with E-state index in [-0.39, 0.29) is 13.1 Å². The lowest BCUT2D eigenvalue weighted by Crippen LogP contribution is -2.46. The van der Waals surface area contributed by atoms with Gasteiger partial charge in [-0.2, -0.15) is 0 Å². The highest BCUT2D eigenvalue weighted by Gasteiger charge is 2.22. The Morgan fingerprint density at radius 3 is 2.22 bits per heavy atom. The van der Waals surface area contributed by atoms with Gasteiger partial charge in [0.2, 0.25) is 11.8 Å². The van der Waals surface area contributed by atoms with E-state index in [1.165, 1.54) is 6.92 Å². The molecular weight excluding hydrogens is 238 g/mol. The fourth-order valence-corrected chi connectivity index (χ4v) is 0.993. The van der Waals surface area contributed by atoms with Crippen molar-refractivity contribution >= 4 is 17.8 Å². The summed E-state index contributed by atoms with van der Waals surface area (Å²) in [6, 6.07) is -0.772. The summed E-state index contributed by atoms with van der Waals surface area (Å²) in [5.74, 6) is -1.44. The zero-order valence-corrected chi connectivity index (χ0v) is 11.2. The second-order valence-electron chi connectivity index (χ2n) is 4.80. The molecule has 1 unspecified atom stereocenters. The average Bonchev–Trinajstić information content (AvgIpc) is 2.23. The Labute approximate surface area is 106 Å². The molecular formula is C11H21N3O4. The Morgan fingerprint density at radius 2 is 1.78 bits per heavy atom. The minimum absolute atomic E-state index is 0.186. The Hall–Kier alpha value is -1.63. The summed E-state index contributed by atoms with van der Waals surface area (Å²) in [4.78, 5) is 33.7. The van der Waals surface area contributed by atoms with Crippen LogP contribution < -0.4 is 16.4 Å². The van der Waals surface area contributed by atoms with Gasteiger partial charge in [-0.05, 0) is 27.7 Å². The van der Waals surface area contributed by atoms with E-state index in [1.807, 2.05) is 0 Å². The zero-order valence-electron chi connectivity index (χ0n) is 11.2. The van der Waals surface area contributed by atoms with E-state index in [0.717, 1.165) is 0 Å². The monoisotopic (exact) mass is 259 g/mol. The van der Waals surface area contributed by atoms with Gasteiger partial charge in [-0.3, -0.25) is 9.59 Å². The van der Waals surface area contributed by atoms with Gasteiger partial charge in [-0.25, -0.2) is 4.79 Å². The molecule has 0 aliphatic heterocycles. The molecule has 0 heterocycles. The van der Waals surface area contributed by atoms with Crippen molar-refractivity contribution in [1.82, 2.24) is 10.6 Å². The summed E-state index contributed by atoms with van der Waals surface area (Å²) in [5.41, 5.74) is 4.45. The molecule has 0 fully saturated rings. The maximum Gasteiger partial charge on any atom is 0.328 e. The van der Waals surface area contributed by atoms with Crippen LogP contribution in [0.4, 0.5) is 0 Å². The topological polar surface area (TPSA) is 111 Å². The standard InChI is InChI=1S/C11H21N3O4/c1-7(10(17)18-11(2,3)4)14-9(16)6-13-8(15)5-12/h7H,5-6,12H2,1-4H3,(H,13,15)(H,14,16). The van der Waals surface area contributed by atoms with Gasteiger partial charge in [0, 0.05) is 0 Å². The molecule has 2 amide bonds. The molecule has 0 bridgehead atoms. The molecule has 0 rings (SSSR count). The van der Waals surface area contributed by atoms with Crippen molar-refractivity contribution in [1.29, 1.82) is 0 Å². The second-order valence-corrected chi connectivity index (χ2v) is 4.80. The van der Waals surface area contributed by atoms with Crippen LogP contribution in [0.25, 0.3) is 0 Å². The van der Waals surface area contributed by atoms with Crippen molar-refractivity contribution in [3.63, 3.8) is 0 Å². The molecule has 1 atom stereocenters. The van der Waals surface area contributed by atoms with Crippen LogP contribution >= 0.6 is 0 Å². The van der Waals surface area contributed by atoms with Crippen molar-refractivity contribution in [2.45, 2.75) is 39.3 Å². The van der Waals surface area contributed by atoms with E-state index < -0.39 is 29.4 Å². The molecule has 0 radical (unpaired) electrons. The lowest BCUT2D eigenvalue weighted by molar-refractivity contribution is -0.158. The summed E-state index contributed by atoms with van der Waals surface area (Å²) in [6.07, 6.45) is 0. The quantitative estimate of drug-likeness (QED) is 0.543. The van der Waals surface area contributed by atoms with Crippen molar-refractivity contribution in [3.8, 4) is 0 Å². The SMILES string of the molecule is CC(NC(=O)CNC(=O)CN)C(=O)OC(C)(C)C. The zero-order chi connectivity index (χ0) is 14.3. The molecule has 0 aromatic heterocycles. The van der Waals surface area contributed by atoms with Crippen molar-refractivity contribution in [2.75, 3.05) is 13.1 Å². The van der Waals surface area contributed by atoms with Crippen LogP contribution in [0.5, 0.6) is 0 Å². The first-order valence-corrected chi connectivity index (χ1v) is 5.64. The van der Waals surface area contributed by atoms with Crippen molar-refractivity contribution in [2.24, 2.45) is 5.73 Å². The third kappa shape index (κ3) is 7.61. The van der Waals surface area contributed by atoms with Gasteiger partial charge in [0.25, 0.3) is 0 Å². The largest absolute Gasteiger partial charge is 0.458 e. The van der Waals surface area contributed by atoms with E-state index in [4.69, 9.17) is 10.5 Å². The van der Waals surface area contributed by atoms with Crippen LogP contribution in [0.2, 0.25) is 0 Å². The van der Waals surface area contributed by atoms with E-state index in [9.17, 15) is 14.4 Å². The number of nitrogens with one attached hydrogen (secondary N) is 2. The first kappa shape index (κ1) is 16.4. The highest BCUT2D eigenvalue weighted by Crippen LogP contribution is 2.08. The number of hydrogen-bond donors (Lipinski definition) is 3. The van der Waals surface area contributed by atoms with E-state index in [1.54, 1.807) is 20.8 Å². The third-order valence-corrected chi connectivity index (χ3v) is 1.77. The number of rotatable bonds is 5. The van der Waals surface area contributed by atoms with E-state index in [2.05, 4.69) is 10.6 Å². The summed E-state index contributed by atoms with van der Waals surface area (Å²) < 4.78 is 5.09. The smallest absolute Gasteiger partial charge is 0.328 e. The Bertz CT molecular complexity index is 323. The molecule has 0 saturated carbocycles. The number of hydrogen-bond acceptors (Lipinski definition) is 5. The number of ether oxygens (including phenoxy) is 1. The highest BCUT2D eigenvalue weighted by molar-refractivity contribution is 5.88. The number of esters is 1. The molecule has 0 aliphatic rings. The second kappa shape index (κ2) is 6.95. The lowest BCUT2D eigenvalue weighted by Gasteiger charge is -2.22. The predicted octanol–water partition coefficient (Wildman–Crippen LogP) is -1.09. The van der Waals surface area contributed by atoms with Gasteiger partial charge in [0.1, 0.15) is 11.6 Å². The molecule has 0 spiro atoms. The van der Waals surface area contributed by atoms with Gasteiger partial charge in [0.05, 0.1) is 13.1 Å². The molecule has 104 valence electrons. The van der Waals surface area contributed by atoms with Crippen LogP contribution in [-0.4, -0.2) is 42.5 Å². The van der Waals surface area contributed by atoms with E-state index in [0.29, 0.717) is 0 Å². The van der Waals surface area contributed by atoms with Gasteiger partial charge >= 0.3 is 5.97 Å². The summed E-state index contributed by atoms with van der Waals surface area (Å²) in [6.45, 7) is 6.32. The molecule has 7 heteroatoms. The molecule has 4 N–H and O–H groups in total. The molecule has 0 aliphatic carbocycles. The first-order valence-electron chi connectivity index (χ1n) is 5.64. The van der Waals surface area contributed by atoms with Gasteiger partial charge in [-0.15, -0.1) is 0 Å². The summed E-state index contributed by atoms with van der Waals surface area (Å²) >= 11 is 0. The van der Waals surface area contributed by atoms with Crippen LogP contribution in [0.15, 0.2) is 0 Å². The Kier molecular flexibility index (Phi) is 6.32. The number of carbonyl (C=O) groups excluding carboxylic acids is 3. The number of amides is 2. The van der Waals surface area contributed by atoms with Crippen LogP contribution in [0.3, 0.4) is 0 Å². The van der Waals surface area contributed by atoms with Crippen LogP contribution in [0, 0.1) is 0 Å². The fourth-order valence-electron chi connectivity index (χ4n) is 0.993.